The number of hydrogen-bond acceptors (Lipinski definition) is 2. The van der Waals surface area contributed by atoms with Gasteiger partial charge in [0.15, 0.2) is 0 Å². The van der Waals surface area contributed by atoms with Gasteiger partial charge in [0.25, 0.3) is 0 Å². The molecule has 1 unspecified atom stereocenters. The summed E-state index contributed by atoms with van der Waals surface area (Å²) in [4.78, 5) is 2.49. The van der Waals surface area contributed by atoms with Crippen LogP contribution in [0.15, 0.2) is 12.7 Å². The molecule has 2 heteroatoms. The van der Waals surface area contributed by atoms with Gasteiger partial charge in [-0.05, 0) is 24.9 Å². The highest BCUT2D eigenvalue weighted by Gasteiger charge is 2.19. The predicted octanol–water partition coefficient (Wildman–Crippen LogP) is 2.76. The lowest BCUT2D eigenvalue weighted by Gasteiger charge is -2.33. The van der Waals surface area contributed by atoms with Crippen LogP contribution in [0.25, 0.3) is 0 Å². The molecule has 2 nitrogen and oxygen atoms in total. The second-order valence-corrected chi connectivity index (χ2v) is 5.24. The number of hydrogen-bond donors (Lipinski definition) is 1. The molecule has 96 valence electrons. The Kier molecular flexibility index (Phi) is 8.58. The highest BCUT2D eigenvalue weighted by Crippen LogP contribution is 2.10. The summed E-state index contributed by atoms with van der Waals surface area (Å²) < 4.78 is 0. The van der Waals surface area contributed by atoms with Crippen LogP contribution in [0.4, 0.5) is 0 Å². The minimum Gasteiger partial charge on any atom is -0.315 e. The Hall–Kier alpha value is -0.340. The van der Waals surface area contributed by atoms with E-state index in [1.165, 1.54) is 0 Å². The zero-order valence-electron chi connectivity index (χ0n) is 11.8. The first kappa shape index (κ1) is 15.7. The fourth-order valence-corrected chi connectivity index (χ4v) is 1.97. The number of rotatable bonds is 9. The molecule has 0 aliphatic rings. The fraction of sp³-hybridized carbons (Fsp3) is 0.857. The summed E-state index contributed by atoms with van der Waals surface area (Å²) in [5, 5.41) is 3.56. The van der Waals surface area contributed by atoms with Crippen LogP contribution in [0.3, 0.4) is 0 Å². The van der Waals surface area contributed by atoms with E-state index < -0.39 is 0 Å². The zero-order chi connectivity index (χ0) is 12.6. The maximum atomic E-state index is 3.84. The third-order valence-corrected chi connectivity index (χ3v) is 2.91. The van der Waals surface area contributed by atoms with E-state index in [0.717, 1.165) is 32.1 Å². The molecule has 0 saturated heterocycles. The molecule has 0 radical (unpaired) electrons. The molecule has 0 aromatic carbocycles. The molecule has 0 saturated carbocycles. The minimum absolute atomic E-state index is 0.613. The standard InChI is InChI=1S/C14H30N2/c1-7-9-16(8-2)14(13(5)6)11-15-10-12(3)4/h7,12-15H,1,8-11H2,2-6H3. The van der Waals surface area contributed by atoms with Crippen LogP contribution in [-0.2, 0) is 0 Å². The second-order valence-electron chi connectivity index (χ2n) is 5.24. The summed E-state index contributed by atoms with van der Waals surface area (Å²) in [6, 6.07) is 0.613. The van der Waals surface area contributed by atoms with E-state index in [2.05, 4.69) is 51.4 Å². The van der Waals surface area contributed by atoms with E-state index in [4.69, 9.17) is 0 Å². The SMILES string of the molecule is C=CCN(CC)C(CNCC(C)C)C(C)C. The van der Waals surface area contributed by atoms with Gasteiger partial charge in [0.2, 0.25) is 0 Å². The smallest absolute Gasteiger partial charge is 0.0246 e. The first-order valence-electron chi connectivity index (χ1n) is 6.58. The van der Waals surface area contributed by atoms with Crippen molar-refractivity contribution in [3.63, 3.8) is 0 Å². The van der Waals surface area contributed by atoms with Crippen molar-refractivity contribution in [1.82, 2.24) is 10.2 Å². The molecule has 0 heterocycles. The van der Waals surface area contributed by atoms with Gasteiger partial charge in [-0.1, -0.05) is 40.7 Å². The summed E-state index contributed by atoms with van der Waals surface area (Å²) in [6.07, 6.45) is 2.00. The summed E-state index contributed by atoms with van der Waals surface area (Å²) in [5.74, 6) is 1.40. The predicted molar refractivity (Wildman–Crippen MR) is 73.8 cm³/mol. The Morgan fingerprint density at radius 3 is 2.19 bits per heavy atom. The lowest BCUT2D eigenvalue weighted by atomic mass is 10.0. The highest BCUT2D eigenvalue weighted by atomic mass is 15.2. The van der Waals surface area contributed by atoms with Crippen molar-refractivity contribution < 1.29 is 0 Å². The molecule has 16 heavy (non-hydrogen) atoms. The second kappa shape index (κ2) is 8.77. The summed E-state index contributed by atoms with van der Waals surface area (Å²) in [7, 11) is 0. The van der Waals surface area contributed by atoms with Gasteiger partial charge >= 0.3 is 0 Å². The van der Waals surface area contributed by atoms with Crippen molar-refractivity contribution in [3.8, 4) is 0 Å². The quantitative estimate of drug-likeness (QED) is 0.608. The van der Waals surface area contributed by atoms with Gasteiger partial charge in [0.1, 0.15) is 0 Å². The van der Waals surface area contributed by atoms with E-state index in [1.807, 2.05) is 6.08 Å². The molecule has 0 aliphatic heterocycles. The molecule has 0 spiro atoms. The first-order valence-corrected chi connectivity index (χ1v) is 6.58. The number of nitrogens with one attached hydrogen (secondary N) is 1. The third-order valence-electron chi connectivity index (χ3n) is 2.91. The van der Waals surface area contributed by atoms with Crippen molar-refractivity contribution in [2.24, 2.45) is 11.8 Å². The molecule has 0 aromatic heterocycles. The first-order chi connectivity index (χ1) is 7.52. The van der Waals surface area contributed by atoms with E-state index >= 15 is 0 Å². The van der Waals surface area contributed by atoms with Gasteiger partial charge in [0.05, 0.1) is 0 Å². The lowest BCUT2D eigenvalue weighted by Crippen LogP contribution is -2.46. The Balaban J connectivity index is 4.18. The molecule has 0 rings (SSSR count). The van der Waals surface area contributed by atoms with Crippen LogP contribution >= 0.6 is 0 Å². The van der Waals surface area contributed by atoms with Crippen molar-refractivity contribution in [3.05, 3.63) is 12.7 Å². The maximum absolute atomic E-state index is 3.84. The molecular formula is C14H30N2. The largest absolute Gasteiger partial charge is 0.315 e. The summed E-state index contributed by atoms with van der Waals surface area (Å²) >= 11 is 0. The molecule has 1 atom stereocenters. The summed E-state index contributed by atoms with van der Waals surface area (Å²) in [5.41, 5.74) is 0. The number of likely N-dealkylation sites (N-methyl/N-ethyl adjacent to an activating group) is 1. The van der Waals surface area contributed by atoms with Crippen LogP contribution in [-0.4, -0.2) is 37.1 Å². The molecular weight excluding hydrogens is 196 g/mol. The highest BCUT2D eigenvalue weighted by molar-refractivity contribution is 4.82. The normalized spacial score (nSPS) is 13.8. The molecule has 1 N–H and O–H groups in total. The van der Waals surface area contributed by atoms with Crippen molar-refractivity contribution in [1.29, 1.82) is 0 Å². The Morgan fingerprint density at radius 2 is 1.81 bits per heavy atom. The molecule has 0 aromatic rings. The molecule has 0 aliphatic carbocycles. The minimum atomic E-state index is 0.613. The van der Waals surface area contributed by atoms with E-state index in [1.54, 1.807) is 0 Å². The lowest BCUT2D eigenvalue weighted by molar-refractivity contribution is 0.174. The van der Waals surface area contributed by atoms with E-state index in [0.29, 0.717) is 12.0 Å². The van der Waals surface area contributed by atoms with Crippen molar-refractivity contribution in [2.45, 2.75) is 40.7 Å². The third kappa shape index (κ3) is 6.29. The van der Waals surface area contributed by atoms with Crippen molar-refractivity contribution in [2.75, 3.05) is 26.2 Å². The topological polar surface area (TPSA) is 15.3 Å². The Morgan fingerprint density at radius 1 is 1.19 bits per heavy atom. The van der Waals surface area contributed by atoms with E-state index in [-0.39, 0.29) is 0 Å². The van der Waals surface area contributed by atoms with Crippen molar-refractivity contribution >= 4 is 0 Å². The fourth-order valence-electron chi connectivity index (χ4n) is 1.97. The monoisotopic (exact) mass is 226 g/mol. The average Bonchev–Trinajstić information content (AvgIpc) is 2.21. The Bertz CT molecular complexity index is 176. The van der Waals surface area contributed by atoms with Gasteiger partial charge in [-0.15, -0.1) is 6.58 Å². The van der Waals surface area contributed by atoms with Crippen LogP contribution in [0.1, 0.15) is 34.6 Å². The van der Waals surface area contributed by atoms with Crippen LogP contribution in [0, 0.1) is 11.8 Å². The van der Waals surface area contributed by atoms with Gasteiger partial charge in [-0.2, -0.15) is 0 Å². The summed E-state index contributed by atoms with van der Waals surface area (Å²) in [6.45, 7) is 19.4. The van der Waals surface area contributed by atoms with Gasteiger partial charge in [-0.25, -0.2) is 0 Å². The average molecular weight is 226 g/mol. The van der Waals surface area contributed by atoms with Gasteiger partial charge in [0, 0.05) is 19.1 Å². The van der Waals surface area contributed by atoms with Gasteiger partial charge < -0.3 is 5.32 Å². The van der Waals surface area contributed by atoms with Crippen LogP contribution in [0.5, 0.6) is 0 Å². The number of nitrogens with zero attached hydrogens (tertiary/aromatic N) is 1. The maximum Gasteiger partial charge on any atom is 0.0246 e. The van der Waals surface area contributed by atoms with Crippen LogP contribution < -0.4 is 5.32 Å². The zero-order valence-corrected chi connectivity index (χ0v) is 11.8. The molecule has 0 amide bonds. The molecule has 0 fully saturated rings. The Labute approximate surface area is 102 Å². The van der Waals surface area contributed by atoms with Gasteiger partial charge in [-0.3, -0.25) is 4.90 Å². The van der Waals surface area contributed by atoms with Crippen LogP contribution in [0.2, 0.25) is 0 Å². The molecule has 0 bridgehead atoms. The van der Waals surface area contributed by atoms with E-state index in [9.17, 15) is 0 Å².